The second-order valence-electron chi connectivity index (χ2n) is 5.20. The number of nitrogens with zero attached hydrogens (tertiary/aromatic N) is 1. The summed E-state index contributed by atoms with van der Waals surface area (Å²) in [5.74, 6) is 0.946. The van der Waals surface area contributed by atoms with Gasteiger partial charge in [-0.25, -0.2) is 0 Å². The number of carbonyl (C=O) groups excluding carboxylic acids is 1. The quantitative estimate of drug-likeness (QED) is 0.833. The lowest BCUT2D eigenvalue weighted by Gasteiger charge is -2.33. The number of hydrogen-bond donors (Lipinski definition) is 1. The molecule has 1 aromatic rings. The molecule has 0 saturated carbocycles. The van der Waals surface area contributed by atoms with Crippen molar-refractivity contribution in [2.45, 2.75) is 33.2 Å². The second-order valence-corrected chi connectivity index (χ2v) is 5.20. The summed E-state index contributed by atoms with van der Waals surface area (Å²) in [6, 6.07) is 7.77. The van der Waals surface area contributed by atoms with Gasteiger partial charge in [-0.05, 0) is 30.5 Å². The van der Waals surface area contributed by atoms with Crippen molar-refractivity contribution in [1.82, 2.24) is 4.90 Å². The number of nitrogens with two attached hydrogens (primary N) is 1. The molecule has 0 aliphatic heterocycles. The maximum absolute atomic E-state index is 12.6. The van der Waals surface area contributed by atoms with Crippen molar-refractivity contribution in [1.29, 1.82) is 0 Å². The van der Waals surface area contributed by atoms with E-state index >= 15 is 0 Å². The van der Waals surface area contributed by atoms with E-state index in [4.69, 9.17) is 10.5 Å². The first-order valence-electron chi connectivity index (χ1n) is 7.11. The zero-order chi connectivity index (χ0) is 15.2. The average Bonchev–Trinajstić information content (AvgIpc) is 2.50. The van der Waals surface area contributed by atoms with Crippen molar-refractivity contribution < 1.29 is 9.53 Å². The van der Waals surface area contributed by atoms with Gasteiger partial charge in [-0.1, -0.05) is 26.0 Å². The molecule has 0 aliphatic rings. The smallest absolute Gasteiger partial charge is 0.230 e. The number of methoxy groups -OCH3 is 1. The van der Waals surface area contributed by atoms with Crippen LogP contribution in [0.2, 0.25) is 0 Å². The lowest BCUT2D eigenvalue weighted by Crippen LogP contribution is -2.45. The van der Waals surface area contributed by atoms with Crippen LogP contribution in [0.25, 0.3) is 0 Å². The predicted octanol–water partition coefficient (Wildman–Crippen LogP) is 2.42. The minimum atomic E-state index is -0.429. The molecule has 1 aromatic carbocycles. The molecular weight excluding hydrogens is 252 g/mol. The van der Waals surface area contributed by atoms with E-state index in [0.717, 1.165) is 24.2 Å². The molecule has 0 bridgehead atoms. The van der Waals surface area contributed by atoms with Crippen LogP contribution in [0.15, 0.2) is 24.3 Å². The zero-order valence-electron chi connectivity index (χ0n) is 13.0. The van der Waals surface area contributed by atoms with Gasteiger partial charge in [-0.2, -0.15) is 0 Å². The summed E-state index contributed by atoms with van der Waals surface area (Å²) in [5, 5.41) is 0. The average molecular weight is 278 g/mol. The van der Waals surface area contributed by atoms with Gasteiger partial charge >= 0.3 is 0 Å². The van der Waals surface area contributed by atoms with Gasteiger partial charge in [0, 0.05) is 20.1 Å². The van der Waals surface area contributed by atoms with Crippen molar-refractivity contribution in [2.75, 3.05) is 20.7 Å². The Labute approximate surface area is 121 Å². The van der Waals surface area contributed by atoms with Crippen molar-refractivity contribution >= 4 is 5.91 Å². The number of ether oxygens (including phenoxy) is 1. The van der Waals surface area contributed by atoms with Gasteiger partial charge in [0.1, 0.15) is 5.75 Å². The molecule has 0 atom stereocenters. The Morgan fingerprint density at radius 3 is 2.20 bits per heavy atom. The topological polar surface area (TPSA) is 55.6 Å². The Kier molecular flexibility index (Phi) is 6.02. The summed E-state index contributed by atoms with van der Waals surface area (Å²) in [5.41, 5.74) is 6.49. The monoisotopic (exact) mass is 278 g/mol. The minimum Gasteiger partial charge on any atom is -0.497 e. The normalized spacial score (nSPS) is 11.2. The molecule has 0 aromatic heterocycles. The van der Waals surface area contributed by atoms with E-state index in [1.54, 1.807) is 12.0 Å². The maximum atomic E-state index is 12.6. The van der Waals surface area contributed by atoms with Crippen LogP contribution in [0.3, 0.4) is 0 Å². The van der Waals surface area contributed by atoms with Gasteiger partial charge in [-0.3, -0.25) is 4.79 Å². The van der Waals surface area contributed by atoms with Crippen LogP contribution in [0.1, 0.15) is 32.3 Å². The minimum absolute atomic E-state index is 0.126. The van der Waals surface area contributed by atoms with E-state index in [2.05, 4.69) is 0 Å². The number of carbonyl (C=O) groups is 1. The molecule has 0 aliphatic carbocycles. The molecule has 0 fully saturated rings. The number of amides is 1. The van der Waals surface area contributed by atoms with Crippen LogP contribution in [-0.2, 0) is 11.3 Å². The molecule has 2 N–H and O–H groups in total. The third kappa shape index (κ3) is 3.51. The van der Waals surface area contributed by atoms with E-state index in [9.17, 15) is 4.79 Å². The first-order chi connectivity index (χ1) is 9.52. The molecule has 0 radical (unpaired) electrons. The second kappa shape index (κ2) is 7.29. The fourth-order valence-corrected chi connectivity index (χ4v) is 2.41. The molecular formula is C16H26N2O2. The Morgan fingerprint density at radius 2 is 1.80 bits per heavy atom. The van der Waals surface area contributed by atoms with E-state index in [1.807, 2.05) is 45.2 Å². The van der Waals surface area contributed by atoms with Gasteiger partial charge in [0.15, 0.2) is 0 Å². The van der Waals surface area contributed by atoms with E-state index in [-0.39, 0.29) is 5.91 Å². The van der Waals surface area contributed by atoms with Crippen molar-refractivity contribution in [2.24, 2.45) is 11.1 Å². The molecule has 4 nitrogen and oxygen atoms in total. The largest absolute Gasteiger partial charge is 0.497 e. The Hall–Kier alpha value is -1.55. The summed E-state index contributed by atoms with van der Waals surface area (Å²) in [4.78, 5) is 14.4. The molecule has 112 valence electrons. The molecule has 0 heterocycles. The highest BCUT2D eigenvalue weighted by atomic mass is 16.5. The van der Waals surface area contributed by atoms with E-state index < -0.39 is 5.41 Å². The third-order valence-electron chi connectivity index (χ3n) is 4.12. The molecule has 0 unspecified atom stereocenters. The molecule has 1 rings (SSSR count). The van der Waals surface area contributed by atoms with E-state index in [1.165, 1.54) is 0 Å². The summed E-state index contributed by atoms with van der Waals surface area (Å²) in [7, 11) is 3.48. The first kappa shape index (κ1) is 16.5. The van der Waals surface area contributed by atoms with Crippen molar-refractivity contribution in [3.05, 3.63) is 29.8 Å². The maximum Gasteiger partial charge on any atom is 0.230 e. The fraction of sp³-hybridized carbons (Fsp3) is 0.562. The van der Waals surface area contributed by atoms with Gasteiger partial charge in [0.2, 0.25) is 5.91 Å². The predicted molar refractivity (Wildman–Crippen MR) is 81.5 cm³/mol. The van der Waals surface area contributed by atoms with Crippen LogP contribution in [0.5, 0.6) is 5.75 Å². The van der Waals surface area contributed by atoms with Crippen LogP contribution >= 0.6 is 0 Å². The fourth-order valence-electron chi connectivity index (χ4n) is 2.41. The summed E-state index contributed by atoms with van der Waals surface area (Å²) in [6.45, 7) is 5.03. The summed E-state index contributed by atoms with van der Waals surface area (Å²) in [6.07, 6.45) is 1.54. The molecule has 0 spiro atoms. The molecule has 0 saturated heterocycles. The van der Waals surface area contributed by atoms with E-state index in [0.29, 0.717) is 13.1 Å². The van der Waals surface area contributed by atoms with Gasteiger partial charge in [0.05, 0.1) is 12.5 Å². The first-order valence-corrected chi connectivity index (χ1v) is 7.11. The van der Waals surface area contributed by atoms with Crippen molar-refractivity contribution in [3.8, 4) is 5.75 Å². The highest BCUT2D eigenvalue weighted by Crippen LogP contribution is 2.28. The highest BCUT2D eigenvalue weighted by Gasteiger charge is 2.35. The lowest BCUT2D eigenvalue weighted by atomic mass is 9.81. The molecule has 1 amide bonds. The lowest BCUT2D eigenvalue weighted by molar-refractivity contribution is -0.141. The SMILES string of the molecule is CCC(CC)(CN)C(=O)N(C)Cc1ccc(OC)cc1. The van der Waals surface area contributed by atoms with Gasteiger partial charge in [0.25, 0.3) is 0 Å². The Bertz CT molecular complexity index is 416. The Morgan fingerprint density at radius 1 is 1.25 bits per heavy atom. The Balaban J connectivity index is 2.78. The number of benzene rings is 1. The van der Waals surface area contributed by atoms with Crippen LogP contribution < -0.4 is 10.5 Å². The molecule has 20 heavy (non-hydrogen) atoms. The number of rotatable bonds is 7. The van der Waals surface area contributed by atoms with Crippen LogP contribution in [0, 0.1) is 5.41 Å². The van der Waals surface area contributed by atoms with Gasteiger partial charge in [-0.15, -0.1) is 0 Å². The van der Waals surface area contributed by atoms with Gasteiger partial charge < -0.3 is 15.4 Å². The van der Waals surface area contributed by atoms with Crippen LogP contribution in [-0.4, -0.2) is 31.5 Å². The number of hydrogen-bond acceptors (Lipinski definition) is 3. The van der Waals surface area contributed by atoms with Crippen LogP contribution in [0.4, 0.5) is 0 Å². The summed E-state index contributed by atoms with van der Waals surface area (Å²) >= 11 is 0. The van der Waals surface area contributed by atoms with Crippen molar-refractivity contribution in [3.63, 3.8) is 0 Å². The third-order valence-corrected chi connectivity index (χ3v) is 4.12. The summed E-state index contributed by atoms with van der Waals surface area (Å²) < 4.78 is 5.13. The highest BCUT2D eigenvalue weighted by molar-refractivity contribution is 5.82. The zero-order valence-corrected chi connectivity index (χ0v) is 13.0. The standard InChI is InChI=1S/C16H26N2O2/c1-5-16(6-2,12-17)15(19)18(3)11-13-7-9-14(20-4)10-8-13/h7-10H,5-6,11-12,17H2,1-4H3. The molecule has 4 heteroatoms.